The zero-order chi connectivity index (χ0) is 9.97. The second-order valence-electron chi connectivity index (χ2n) is 3.08. The SMILES string of the molecule is C=C(c1ccccc1)N1CCOC1=O. The van der Waals surface area contributed by atoms with Crippen molar-refractivity contribution in [1.29, 1.82) is 0 Å². The van der Waals surface area contributed by atoms with Crippen LogP contribution >= 0.6 is 0 Å². The summed E-state index contributed by atoms with van der Waals surface area (Å²) in [5, 5.41) is 0. The largest absolute Gasteiger partial charge is 0.447 e. The summed E-state index contributed by atoms with van der Waals surface area (Å²) in [6.45, 7) is 4.92. The fourth-order valence-corrected chi connectivity index (χ4v) is 1.42. The van der Waals surface area contributed by atoms with Crippen LogP contribution in [0.4, 0.5) is 4.79 Å². The molecular weight excluding hydrogens is 178 g/mol. The minimum Gasteiger partial charge on any atom is -0.447 e. The van der Waals surface area contributed by atoms with Crippen LogP contribution in [0.3, 0.4) is 0 Å². The average molecular weight is 189 g/mol. The van der Waals surface area contributed by atoms with E-state index >= 15 is 0 Å². The van der Waals surface area contributed by atoms with Crippen molar-refractivity contribution in [3.05, 3.63) is 42.5 Å². The molecule has 1 amide bonds. The Hall–Kier alpha value is -1.77. The number of rotatable bonds is 2. The summed E-state index contributed by atoms with van der Waals surface area (Å²) in [5.41, 5.74) is 1.65. The summed E-state index contributed by atoms with van der Waals surface area (Å²) >= 11 is 0. The molecule has 1 saturated heterocycles. The van der Waals surface area contributed by atoms with Gasteiger partial charge in [0.05, 0.1) is 6.54 Å². The number of nitrogens with zero attached hydrogens (tertiary/aromatic N) is 1. The van der Waals surface area contributed by atoms with Gasteiger partial charge in [-0.05, 0) is 5.56 Å². The first-order valence-electron chi connectivity index (χ1n) is 4.47. The molecule has 0 spiro atoms. The Labute approximate surface area is 82.6 Å². The lowest BCUT2D eigenvalue weighted by molar-refractivity contribution is 0.167. The van der Waals surface area contributed by atoms with Crippen LogP contribution in [0.15, 0.2) is 36.9 Å². The lowest BCUT2D eigenvalue weighted by Gasteiger charge is -2.15. The summed E-state index contributed by atoms with van der Waals surface area (Å²) in [6, 6.07) is 9.62. The smallest absolute Gasteiger partial charge is 0.414 e. The quantitative estimate of drug-likeness (QED) is 0.713. The van der Waals surface area contributed by atoms with Crippen molar-refractivity contribution in [3.63, 3.8) is 0 Å². The number of carbonyl (C=O) groups excluding carboxylic acids is 1. The van der Waals surface area contributed by atoms with E-state index in [1.165, 1.54) is 0 Å². The van der Waals surface area contributed by atoms with Crippen LogP contribution in [-0.4, -0.2) is 24.1 Å². The van der Waals surface area contributed by atoms with Crippen LogP contribution in [0.2, 0.25) is 0 Å². The van der Waals surface area contributed by atoms with Gasteiger partial charge in [0.1, 0.15) is 6.61 Å². The Balaban J connectivity index is 2.20. The third-order valence-electron chi connectivity index (χ3n) is 2.19. The predicted molar refractivity (Wildman–Crippen MR) is 53.5 cm³/mol. The lowest BCUT2D eigenvalue weighted by Crippen LogP contribution is -2.21. The van der Waals surface area contributed by atoms with Crippen LogP contribution in [-0.2, 0) is 4.74 Å². The van der Waals surface area contributed by atoms with E-state index in [0.717, 1.165) is 5.56 Å². The average Bonchev–Trinajstić information content (AvgIpc) is 2.65. The van der Waals surface area contributed by atoms with E-state index in [9.17, 15) is 4.79 Å². The third-order valence-corrected chi connectivity index (χ3v) is 2.19. The van der Waals surface area contributed by atoms with Gasteiger partial charge in [-0.2, -0.15) is 0 Å². The maximum absolute atomic E-state index is 11.2. The number of amides is 1. The number of benzene rings is 1. The van der Waals surface area contributed by atoms with Gasteiger partial charge in [-0.3, -0.25) is 4.90 Å². The van der Waals surface area contributed by atoms with Crippen LogP contribution in [0.25, 0.3) is 5.70 Å². The molecule has 0 radical (unpaired) electrons. The molecule has 1 heterocycles. The van der Waals surface area contributed by atoms with Crippen molar-refractivity contribution in [2.24, 2.45) is 0 Å². The predicted octanol–water partition coefficient (Wildman–Crippen LogP) is 2.11. The van der Waals surface area contributed by atoms with Gasteiger partial charge in [0.15, 0.2) is 0 Å². The van der Waals surface area contributed by atoms with Gasteiger partial charge in [0.2, 0.25) is 0 Å². The highest BCUT2D eigenvalue weighted by Gasteiger charge is 2.24. The van der Waals surface area contributed by atoms with Gasteiger partial charge >= 0.3 is 6.09 Å². The number of cyclic esters (lactones) is 1. The highest BCUT2D eigenvalue weighted by Crippen LogP contribution is 2.20. The molecule has 1 aromatic rings. The normalized spacial score (nSPS) is 15.4. The number of hydrogen-bond acceptors (Lipinski definition) is 2. The fourth-order valence-electron chi connectivity index (χ4n) is 1.42. The topological polar surface area (TPSA) is 29.5 Å². The number of carbonyl (C=O) groups is 1. The molecule has 0 unspecified atom stereocenters. The molecule has 2 rings (SSSR count). The van der Waals surface area contributed by atoms with Crippen molar-refractivity contribution in [2.45, 2.75) is 0 Å². The van der Waals surface area contributed by atoms with Crippen LogP contribution in [0.1, 0.15) is 5.56 Å². The van der Waals surface area contributed by atoms with Gasteiger partial charge in [-0.15, -0.1) is 0 Å². The van der Waals surface area contributed by atoms with E-state index in [4.69, 9.17) is 4.74 Å². The van der Waals surface area contributed by atoms with Crippen molar-refractivity contribution in [1.82, 2.24) is 4.90 Å². The molecule has 72 valence electrons. The Morgan fingerprint density at radius 3 is 2.64 bits per heavy atom. The molecule has 0 atom stereocenters. The second kappa shape index (κ2) is 3.54. The molecule has 1 aliphatic rings. The molecule has 1 aromatic carbocycles. The van der Waals surface area contributed by atoms with Gasteiger partial charge in [0, 0.05) is 5.70 Å². The Morgan fingerprint density at radius 2 is 2.07 bits per heavy atom. The number of ether oxygens (including phenoxy) is 1. The summed E-state index contributed by atoms with van der Waals surface area (Å²) in [4.78, 5) is 12.8. The standard InChI is InChI=1S/C11H11NO2/c1-9(10-5-3-2-4-6-10)12-7-8-14-11(12)13/h2-6H,1,7-8H2. The summed E-state index contributed by atoms with van der Waals surface area (Å²) in [5.74, 6) is 0. The van der Waals surface area contributed by atoms with E-state index in [1.54, 1.807) is 4.90 Å². The van der Waals surface area contributed by atoms with Crippen LogP contribution in [0, 0.1) is 0 Å². The van der Waals surface area contributed by atoms with Gasteiger partial charge in [-0.1, -0.05) is 36.9 Å². The first-order valence-corrected chi connectivity index (χ1v) is 4.47. The third kappa shape index (κ3) is 1.48. The number of hydrogen-bond donors (Lipinski definition) is 0. The fraction of sp³-hybridized carbons (Fsp3) is 0.182. The Kier molecular flexibility index (Phi) is 2.23. The zero-order valence-corrected chi connectivity index (χ0v) is 7.77. The molecule has 0 aromatic heterocycles. The second-order valence-corrected chi connectivity index (χ2v) is 3.08. The van der Waals surface area contributed by atoms with E-state index in [2.05, 4.69) is 6.58 Å². The Morgan fingerprint density at radius 1 is 1.36 bits per heavy atom. The van der Waals surface area contributed by atoms with Crippen molar-refractivity contribution >= 4 is 11.8 Å². The van der Waals surface area contributed by atoms with Crippen molar-refractivity contribution < 1.29 is 9.53 Å². The maximum Gasteiger partial charge on any atom is 0.414 e. The minimum absolute atomic E-state index is 0.307. The first-order chi connectivity index (χ1) is 6.79. The molecule has 1 fully saturated rings. The molecule has 1 aliphatic heterocycles. The van der Waals surface area contributed by atoms with E-state index < -0.39 is 0 Å². The molecule has 14 heavy (non-hydrogen) atoms. The zero-order valence-electron chi connectivity index (χ0n) is 7.77. The molecule has 0 aliphatic carbocycles. The molecule has 0 saturated carbocycles. The summed E-state index contributed by atoms with van der Waals surface area (Å²) in [7, 11) is 0. The first kappa shape index (κ1) is 8.81. The lowest BCUT2D eigenvalue weighted by atomic mass is 10.1. The molecule has 0 N–H and O–H groups in total. The van der Waals surface area contributed by atoms with E-state index in [0.29, 0.717) is 18.8 Å². The molecule has 0 bridgehead atoms. The Bertz CT molecular complexity index is 359. The molecule has 3 nitrogen and oxygen atoms in total. The maximum atomic E-state index is 11.2. The van der Waals surface area contributed by atoms with Crippen LogP contribution < -0.4 is 0 Å². The van der Waals surface area contributed by atoms with Crippen molar-refractivity contribution in [2.75, 3.05) is 13.2 Å². The highest BCUT2D eigenvalue weighted by atomic mass is 16.6. The van der Waals surface area contributed by atoms with E-state index in [1.807, 2.05) is 30.3 Å². The van der Waals surface area contributed by atoms with E-state index in [-0.39, 0.29) is 6.09 Å². The van der Waals surface area contributed by atoms with Crippen LogP contribution in [0.5, 0.6) is 0 Å². The monoisotopic (exact) mass is 189 g/mol. The summed E-state index contributed by atoms with van der Waals surface area (Å²) < 4.78 is 4.83. The van der Waals surface area contributed by atoms with Gasteiger partial charge in [-0.25, -0.2) is 4.79 Å². The highest BCUT2D eigenvalue weighted by molar-refractivity contribution is 5.82. The minimum atomic E-state index is -0.307. The molecular formula is C11H11NO2. The van der Waals surface area contributed by atoms with Gasteiger partial charge in [0.25, 0.3) is 0 Å². The summed E-state index contributed by atoms with van der Waals surface area (Å²) in [6.07, 6.45) is -0.307. The molecule has 3 heteroatoms. The van der Waals surface area contributed by atoms with Gasteiger partial charge < -0.3 is 4.74 Å². The van der Waals surface area contributed by atoms with Crippen molar-refractivity contribution in [3.8, 4) is 0 Å².